The van der Waals surface area contributed by atoms with E-state index in [4.69, 9.17) is 4.42 Å². The molecule has 2 heterocycles. The van der Waals surface area contributed by atoms with E-state index < -0.39 is 4.92 Å². The van der Waals surface area contributed by atoms with Crippen LogP contribution in [0.2, 0.25) is 0 Å². The van der Waals surface area contributed by atoms with Crippen LogP contribution in [0.4, 0.5) is 11.5 Å². The summed E-state index contributed by atoms with van der Waals surface area (Å²) < 4.78 is 5.40. The van der Waals surface area contributed by atoms with Gasteiger partial charge in [0.1, 0.15) is 12.1 Å². The Labute approximate surface area is 119 Å². The lowest BCUT2D eigenvalue weighted by molar-refractivity contribution is -0.387. The van der Waals surface area contributed by atoms with E-state index in [1.807, 2.05) is 6.92 Å². The molecule has 20 heavy (non-hydrogen) atoms. The molecule has 9 heteroatoms. The first-order chi connectivity index (χ1) is 9.52. The number of hydrogen-bond acceptors (Lipinski definition) is 8. The van der Waals surface area contributed by atoms with Crippen molar-refractivity contribution in [1.82, 2.24) is 15.0 Å². The zero-order valence-corrected chi connectivity index (χ0v) is 12.0. The number of nitrogens with one attached hydrogen (secondary N) is 1. The molecule has 1 N–H and O–H groups in total. The molecule has 0 aromatic carbocycles. The summed E-state index contributed by atoms with van der Waals surface area (Å²) in [5.74, 6) is 0.867. The highest BCUT2D eigenvalue weighted by Gasteiger charge is 2.24. The smallest absolute Gasteiger partial charge is 0.343 e. The fourth-order valence-electron chi connectivity index (χ4n) is 1.47. The summed E-state index contributed by atoms with van der Waals surface area (Å²) in [4.78, 5) is 22.7. The van der Waals surface area contributed by atoms with Crippen molar-refractivity contribution in [3.63, 3.8) is 0 Å². The zero-order valence-electron chi connectivity index (χ0n) is 11.2. The monoisotopic (exact) mass is 295 g/mol. The van der Waals surface area contributed by atoms with E-state index in [0.29, 0.717) is 17.5 Å². The van der Waals surface area contributed by atoms with Crippen molar-refractivity contribution in [2.75, 3.05) is 11.9 Å². The fraction of sp³-hybridized carbons (Fsp3) is 0.364. The minimum atomic E-state index is -0.511. The molecule has 0 saturated heterocycles. The van der Waals surface area contributed by atoms with Gasteiger partial charge >= 0.3 is 5.69 Å². The van der Waals surface area contributed by atoms with Crippen molar-refractivity contribution < 1.29 is 9.34 Å². The van der Waals surface area contributed by atoms with E-state index in [-0.39, 0.29) is 16.5 Å². The molecule has 0 aliphatic heterocycles. The first-order valence-electron chi connectivity index (χ1n) is 5.88. The quantitative estimate of drug-likeness (QED) is 0.509. The van der Waals surface area contributed by atoms with Gasteiger partial charge in [0.2, 0.25) is 5.82 Å². The average molecular weight is 295 g/mol. The van der Waals surface area contributed by atoms with Crippen LogP contribution in [-0.2, 0) is 0 Å². The number of anilines is 1. The van der Waals surface area contributed by atoms with Gasteiger partial charge in [0.15, 0.2) is 5.03 Å². The second-order valence-electron chi connectivity index (χ2n) is 3.89. The Morgan fingerprint density at radius 2 is 2.20 bits per heavy atom. The molecular formula is C11H13N5O3S. The summed E-state index contributed by atoms with van der Waals surface area (Å²) in [6.07, 6.45) is 1.27. The summed E-state index contributed by atoms with van der Waals surface area (Å²) in [6.45, 7) is 5.95. The summed E-state index contributed by atoms with van der Waals surface area (Å²) in [6, 6.07) is 0. The van der Waals surface area contributed by atoms with E-state index in [1.54, 1.807) is 13.8 Å². The topological polar surface area (TPSA) is 107 Å². The summed E-state index contributed by atoms with van der Waals surface area (Å²) in [5, 5.41) is 14.6. The highest BCUT2D eigenvalue weighted by molar-refractivity contribution is 7.99. The van der Waals surface area contributed by atoms with Gasteiger partial charge in [-0.1, -0.05) is 0 Å². The predicted molar refractivity (Wildman–Crippen MR) is 73.0 cm³/mol. The lowest BCUT2D eigenvalue weighted by Gasteiger charge is -2.05. The van der Waals surface area contributed by atoms with Gasteiger partial charge in [-0.2, -0.15) is 0 Å². The molecule has 0 fully saturated rings. The molecule has 0 aliphatic carbocycles. The van der Waals surface area contributed by atoms with Crippen LogP contribution in [0.15, 0.2) is 21.0 Å². The molecule has 0 amide bonds. The standard InChI is InChI=1S/C11H13N5O3S/c1-4-12-9-8(16(17)18)10(14-5-13-9)20-11-15-6(2)7(3)19-11/h5H,4H2,1-3H3,(H,12,13,14). The van der Waals surface area contributed by atoms with E-state index in [2.05, 4.69) is 20.3 Å². The van der Waals surface area contributed by atoms with Crippen LogP contribution in [0.1, 0.15) is 18.4 Å². The van der Waals surface area contributed by atoms with Crippen molar-refractivity contribution in [3.05, 3.63) is 27.9 Å². The van der Waals surface area contributed by atoms with Crippen LogP contribution in [0.5, 0.6) is 0 Å². The Balaban J connectivity index is 2.40. The van der Waals surface area contributed by atoms with Gasteiger partial charge in [-0.3, -0.25) is 10.1 Å². The van der Waals surface area contributed by atoms with Crippen molar-refractivity contribution in [1.29, 1.82) is 0 Å². The minimum Gasteiger partial charge on any atom is -0.436 e. The van der Waals surface area contributed by atoms with E-state index in [9.17, 15) is 10.1 Å². The Kier molecular flexibility index (Phi) is 4.18. The van der Waals surface area contributed by atoms with Gasteiger partial charge in [-0.15, -0.1) is 0 Å². The highest BCUT2D eigenvalue weighted by atomic mass is 32.2. The maximum Gasteiger partial charge on any atom is 0.343 e. The molecule has 2 aromatic heterocycles. The number of rotatable bonds is 5. The number of nitro groups is 1. The van der Waals surface area contributed by atoms with Crippen LogP contribution in [0.3, 0.4) is 0 Å². The van der Waals surface area contributed by atoms with E-state index in [0.717, 1.165) is 17.5 Å². The number of aromatic nitrogens is 3. The second-order valence-corrected chi connectivity index (χ2v) is 4.83. The molecule has 2 rings (SSSR count). The third-order valence-electron chi connectivity index (χ3n) is 2.51. The van der Waals surface area contributed by atoms with Crippen LogP contribution < -0.4 is 5.32 Å². The first-order valence-corrected chi connectivity index (χ1v) is 6.69. The van der Waals surface area contributed by atoms with Gasteiger partial charge < -0.3 is 9.73 Å². The number of hydrogen-bond donors (Lipinski definition) is 1. The second kappa shape index (κ2) is 5.87. The van der Waals surface area contributed by atoms with Crippen LogP contribution in [0, 0.1) is 24.0 Å². The van der Waals surface area contributed by atoms with Crippen LogP contribution in [-0.4, -0.2) is 26.4 Å². The lowest BCUT2D eigenvalue weighted by Crippen LogP contribution is -2.05. The largest absolute Gasteiger partial charge is 0.436 e. The normalized spacial score (nSPS) is 10.6. The maximum absolute atomic E-state index is 11.2. The molecule has 0 atom stereocenters. The Morgan fingerprint density at radius 1 is 1.45 bits per heavy atom. The molecule has 0 radical (unpaired) electrons. The molecule has 0 unspecified atom stereocenters. The average Bonchev–Trinajstić information content (AvgIpc) is 2.68. The summed E-state index contributed by atoms with van der Waals surface area (Å²) in [7, 11) is 0. The van der Waals surface area contributed by atoms with Crippen molar-refractivity contribution in [2.24, 2.45) is 0 Å². The fourth-order valence-corrected chi connectivity index (χ4v) is 2.35. The van der Waals surface area contributed by atoms with E-state index in [1.165, 1.54) is 6.33 Å². The van der Waals surface area contributed by atoms with Crippen LogP contribution >= 0.6 is 11.8 Å². The molecule has 0 spiro atoms. The Bertz CT molecular complexity index is 623. The lowest BCUT2D eigenvalue weighted by atomic mass is 10.4. The number of nitrogens with zero attached hydrogens (tertiary/aromatic N) is 4. The first kappa shape index (κ1) is 14.3. The highest BCUT2D eigenvalue weighted by Crippen LogP contribution is 2.36. The molecule has 106 valence electrons. The van der Waals surface area contributed by atoms with E-state index >= 15 is 0 Å². The van der Waals surface area contributed by atoms with Gasteiger partial charge in [-0.05, 0) is 32.5 Å². The molecule has 0 bridgehead atoms. The van der Waals surface area contributed by atoms with Crippen molar-refractivity contribution >= 4 is 23.3 Å². The molecule has 0 saturated carbocycles. The Hall–Kier alpha value is -2.16. The van der Waals surface area contributed by atoms with Gasteiger partial charge in [0.05, 0.1) is 10.6 Å². The van der Waals surface area contributed by atoms with Crippen molar-refractivity contribution in [2.45, 2.75) is 31.0 Å². The maximum atomic E-state index is 11.2. The number of aryl methyl sites for hydroxylation is 2. The van der Waals surface area contributed by atoms with Gasteiger partial charge in [-0.25, -0.2) is 15.0 Å². The third kappa shape index (κ3) is 2.87. The molecule has 8 nitrogen and oxygen atoms in total. The SMILES string of the molecule is CCNc1ncnc(Sc2nc(C)c(C)o2)c1[N+](=O)[O-]. The van der Waals surface area contributed by atoms with Crippen LogP contribution in [0.25, 0.3) is 0 Å². The van der Waals surface area contributed by atoms with Gasteiger partial charge in [0, 0.05) is 6.54 Å². The summed E-state index contributed by atoms with van der Waals surface area (Å²) >= 11 is 1.01. The van der Waals surface area contributed by atoms with Gasteiger partial charge in [0.25, 0.3) is 5.22 Å². The zero-order chi connectivity index (χ0) is 14.7. The molecule has 0 aliphatic rings. The molecular weight excluding hydrogens is 282 g/mol. The number of oxazole rings is 1. The molecule has 2 aromatic rings. The minimum absolute atomic E-state index is 0.173. The third-order valence-corrected chi connectivity index (χ3v) is 3.35. The Morgan fingerprint density at radius 3 is 2.75 bits per heavy atom. The summed E-state index contributed by atoms with van der Waals surface area (Å²) in [5.41, 5.74) is 0.573. The predicted octanol–water partition coefficient (Wildman–Crippen LogP) is 2.57. The van der Waals surface area contributed by atoms with Crippen molar-refractivity contribution in [3.8, 4) is 0 Å².